The first-order chi connectivity index (χ1) is 9.24. The van der Waals surface area contributed by atoms with Gasteiger partial charge in [-0.2, -0.15) is 0 Å². The van der Waals surface area contributed by atoms with Crippen molar-refractivity contribution in [2.45, 2.75) is 6.92 Å². The molecule has 0 amide bonds. The fraction of sp³-hybridized carbons (Fsp3) is 0.0556. The van der Waals surface area contributed by atoms with Crippen LogP contribution in [0.2, 0.25) is 0 Å². The van der Waals surface area contributed by atoms with Crippen LogP contribution in [0.4, 0.5) is 0 Å². The molecule has 0 spiro atoms. The van der Waals surface area contributed by atoms with Crippen molar-refractivity contribution in [3.8, 4) is 0 Å². The summed E-state index contributed by atoms with van der Waals surface area (Å²) in [5.41, 5.74) is 1.08. The number of carbonyl (C=O) groups is 1. The van der Waals surface area contributed by atoms with Crippen molar-refractivity contribution in [3.05, 3.63) is 66.2 Å². The lowest BCUT2D eigenvalue weighted by Gasteiger charge is -2.05. The lowest BCUT2D eigenvalue weighted by molar-refractivity contribution is -0.112. The van der Waals surface area contributed by atoms with Crippen molar-refractivity contribution in [1.82, 2.24) is 0 Å². The predicted molar refractivity (Wildman–Crippen MR) is 81.2 cm³/mol. The van der Waals surface area contributed by atoms with Gasteiger partial charge in [-0.15, -0.1) is 0 Å². The van der Waals surface area contributed by atoms with Crippen LogP contribution in [0.15, 0.2) is 60.7 Å². The average molecular weight is 246 g/mol. The molecular formula is C18H14O. The van der Waals surface area contributed by atoms with Crippen LogP contribution < -0.4 is 0 Å². The molecule has 0 saturated carbocycles. The summed E-state index contributed by atoms with van der Waals surface area (Å²) in [6.07, 6.45) is 3.50. The summed E-state index contributed by atoms with van der Waals surface area (Å²) in [4.78, 5) is 11.1. The molecule has 0 N–H and O–H groups in total. The molecule has 3 rings (SSSR count). The van der Waals surface area contributed by atoms with Gasteiger partial charge in [0.15, 0.2) is 5.78 Å². The van der Waals surface area contributed by atoms with Crippen molar-refractivity contribution < 1.29 is 4.79 Å². The van der Waals surface area contributed by atoms with Gasteiger partial charge >= 0.3 is 0 Å². The molecule has 0 saturated heterocycles. The van der Waals surface area contributed by atoms with E-state index >= 15 is 0 Å². The van der Waals surface area contributed by atoms with E-state index in [2.05, 4.69) is 30.3 Å². The van der Waals surface area contributed by atoms with Gasteiger partial charge in [0.2, 0.25) is 0 Å². The Kier molecular flexibility index (Phi) is 2.88. The Bertz CT molecular complexity index is 797. The highest BCUT2D eigenvalue weighted by Crippen LogP contribution is 2.26. The van der Waals surface area contributed by atoms with Crippen molar-refractivity contribution in [1.29, 1.82) is 0 Å². The van der Waals surface area contributed by atoms with Crippen molar-refractivity contribution in [2.75, 3.05) is 0 Å². The van der Waals surface area contributed by atoms with Crippen molar-refractivity contribution >= 4 is 33.4 Å². The lowest BCUT2D eigenvalue weighted by atomic mass is 9.99. The molecule has 1 heteroatoms. The highest BCUT2D eigenvalue weighted by atomic mass is 16.1. The molecule has 19 heavy (non-hydrogen) atoms. The van der Waals surface area contributed by atoms with E-state index in [-0.39, 0.29) is 5.78 Å². The second-order valence-electron chi connectivity index (χ2n) is 4.71. The minimum Gasteiger partial charge on any atom is -0.295 e. The standard InChI is InChI=1S/C18H14O/c1-13(19)9-10-14-7-4-8-17-11-15-5-2-3-6-16(15)12-18(14)17/h2-12H,1H3. The van der Waals surface area contributed by atoms with Gasteiger partial charge < -0.3 is 0 Å². The summed E-state index contributed by atoms with van der Waals surface area (Å²) in [7, 11) is 0. The van der Waals surface area contributed by atoms with Crippen molar-refractivity contribution in [3.63, 3.8) is 0 Å². The molecule has 3 aromatic rings. The lowest BCUT2D eigenvalue weighted by Crippen LogP contribution is -1.83. The van der Waals surface area contributed by atoms with Gasteiger partial charge in [0.1, 0.15) is 0 Å². The van der Waals surface area contributed by atoms with E-state index in [9.17, 15) is 4.79 Å². The zero-order valence-electron chi connectivity index (χ0n) is 10.8. The molecule has 0 heterocycles. The third kappa shape index (κ3) is 2.27. The highest BCUT2D eigenvalue weighted by molar-refractivity contribution is 6.03. The summed E-state index contributed by atoms with van der Waals surface area (Å²) in [5.74, 6) is 0.0674. The normalized spacial score (nSPS) is 11.4. The van der Waals surface area contributed by atoms with Crippen LogP contribution in [0.25, 0.3) is 27.6 Å². The molecule has 1 nitrogen and oxygen atoms in total. The Labute approximate surface area is 112 Å². The SMILES string of the molecule is CC(=O)C=Cc1cccc2cc3ccccc3cc12. The minimum atomic E-state index is 0.0674. The third-order valence-corrected chi connectivity index (χ3v) is 3.28. The number of ketones is 1. The van der Waals surface area contributed by atoms with Crippen LogP contribution in [0.5, 0.6) is 0 Å². The fourth-order valence-electron chi connectivity index (χ4n) is 2.34. The largest absolute Gasteiger partial charge is 0.295 e. The Hall–Kier alpha value is -2.41. The van der Waals surface area contributed by atoms with Crippen LogP contribution in [0, 0.1) is 0 Å². The molecule has 0 aromatic heterocycles. The second-order valence-corrected chi connectivity index (χ2v) is 4.71. The smallest absolute Gasteiger partial charge is 0.152 e. The maximum atomic E-state index is 11.1. The van der Waals surface area contributed by atoms with E-state index in [1.54, 1.807) is 13.0 Å². The first-order valence-electron chi connectivity index (χ1n) is 6.34. The summed E-state index contributed by atoms with van der Waals surface area (Å²) in [6.45, 7) is 1.57. The fourth-order valence-corrected chi connectivity index (χ4v) is 2.34. The Morgan fingerprint density at radius 1 is 0.895 bits per heavy atom. The number of hydrogen-bond acceptors (Lipinski definition) is 1. The maximum Gasteiger partial charge on any atom is 0.152 e. The molecule has 0 radical (unpaired) electrons. The van der Waals surface area contributed by atoms with Crippen LogP contribution in [-0.2, 0) is 4.79 Å². The first-order valence-corrected chi connectivity index (χ1v) is 6.34. The molecule has 0 bridgehead atoms. The van der Waals surface area contributed by atoms with Crippen LogP contribution >= 0.6 is 0 Å². The van der Waals surface area contributed by atoms with Crippen LogP contribution in [-0.4, -0.2) is 5.78 Å². The number of allylic oxidation sites excluding steroid dienone is 1. The molecule has 0 aliphatic carbocycles. The third-order valence-electron chi connectivity index (χ3n) is 3.28. The van der Waals surface area contributed by atoms with Gasteiger partial charge in [0.05, 0.1) is 0 Å². The molecule has 92 valence electrons. The topological polar surface area (TPSA) is 17.1 Å². The zero-order chi connectivity index (χ0) is 13.2. The minimum absolute atomic E-state index is 0.0674. The summed E-state index contributed by atoms with van der Waals surface area (Å²) < 4.78 is 0. The monoisotopic (exact) mass is 246 g/mol. The molecule has 3 aromatic carbocycles. The Morgan fingerprint density at radius 3 is 2.32 bits per heavy atom. The molecule has 0 aliphatic heterocycles. The van der Waals surface area contributed by atoms with E-state index < -0.39 is 0 Å². The molecule has 0 unspecified atom stereocenters. The quantitative estimate of drug-likeness (QED) is 0.477. The molecule has 0 atom stereocenters. The molecular weight excluding hydrogens is 232 g/mol. The Balaban J connectivity index is 2.29. The number of fused-ring (bicyclic) bond motifs is 2. The van der Waals surface area contributed by atoms with E-state index in [1.165, 1.54) is 21.5 Å². The van der Waals surface area contributed by atoms with E-state index in [4.69, 9.17) is 0 Å². The Morgan fingerprint density at radius 2 is 1.58 bits per heavy atom. The van der Waals surface area contributed by atoms with E-state index in [1.807, 2.05) is 30.3 Å². The van der Waals surface area contributed by atoms with Crippen molar-refractivity contribution in [2.24, 2.45) is 0 Å². The number of benzene rings is 3. The van der Waals surface area contributed by atoms with Gasteiger partial charge in [0, 0.05) is 0 Å². The number of hydrogen-bond donors (Lipinski definition) is 0. The van der Waals surface area contributed by atoms with E-state index in [0.717, 1.165) is 5.56 Å². The van der Waals surface area contributed by atoms with Gasteiger partial charge in [-0.05, 0) is 52.2 Å². The first kappa shape index (κ1) is 11.7. The maximum absolute atomic E-state index is 11.1. The predicted octanol–water partition coefficient (Wildman–Crippen LogP) is 4.60. The molecule has 0 fully saturated rings. The molecule has 0 aliphatic rings. The number of carbonyl (C=O) groups excluding carboxylic acids is 1. The van der Waals surface area contributed by atoms with Gasteiger partial charge in [0.25, 0.3) is 0 Å². The number of rotatable bonds is 2. The van der Waals surface area contributed by atoms with Gasteiger partial charge in [-0.1, -0.05) is 48.5 Å². The van der Waals surface area contributed by atoms with Gasteiger partial charge in [-0.25, -0.2) is 0 Å². The highest BCUT2D eigenvalue weighted by Gasteiger charge is 2.01. The summed E-state index contributed by atoms with van der Waals surface area (Å²) >= 11 is 0. The second kappa shape index (κ2) is 4.69. The summed E-state index contributed by atoms with van der Waals surface area (Å²) in [5, 5.41) is 4.84. The van der Waals surface area contributed by atoms with Gasteiger partial charge in [-0.3, -0.25) is 4.79 Å². The van der Waals surface area contributed by atoms with E-state index in [0.29, 0.717) is 0 Å². The van der Waals surface area contributed by atoms with Crippen LogP contribution in [0.3, 0.4) is 0 Å². The summed E-state index contributed by atoms with van der Waals surface area (Å²) in [6, 6.07) is 18.9. The average Bonchev–Trinajstić information content (AvgIpc) is 2.42. The van der Waals surface area contributed by atoms with Crippen LogP contribution in [0.1, 0.15) is 12.5 Å². The zero-order valence-corrected chi connectivity index (χ0v) is 10.8.